The lowest BCUT2D eigenvalue weighted by Gasteiger charge is -2.03. The fourth-order valence-electron chi connectivity index (χ4n) is 2.20. The van der Waals surface area contributed by atoms with Crippen molar-refractivity contribution < 1.29 is 9.72 Å². The van der Waals surface area contributed by atoms with Crippen molar-refractivity contribution >= 4 is 11.5 Å². The molecule has 118 valence electrons. The number of aromatic nitrogens is 2. The van der Waals surface area contributed by atoms with Gasteiger partial charge in [-0.1, -0.05) is 30.3 Å². The molecule has 0 spiro atoms. The zero-order valence-corrected chi connectivity index (χ0v) is 12.3. The van der Waals surface area contributed by atoms with E-state index in [2.05, 4.69) is 10.2 Å². The predicted molar refractivity (Wildman–Crippen MR) is 86.8 cm³/mol. The van der Waals surface area contributed by atoms with Gasteiger partial charge >= 0.3 is 0 Å². The molecule has 24 heavy (non-hydrogen) atoms. The van der Waals surface area contributed by atoms with E-state index in [0.29, 0.717) is 5.69 Å². The molecule has 0 aliphatic rings. The van der Waals surface area contributed by atoms with Crippen LogP contribution in [0, 0.1) is 10.1 Å². The van der Waals surface area contributed by atoms with Crippen molar-refractivity contribution in [2.45, 2.75) is 0 Å². The lowest BCUT2D eigenvalue weighted by atomic mass is 10.1. The van der Waals surface area contributed by atoms with Crippen LogP contribution >= 0.6 is 0 Å². The van der Waals surface area contributed by atoms with E-state index < -0.39 is 16.1 Å². The molecule has 0 unspecified atom stereocenters. The van der Waals surface area contributed by atoms with Crippen LogP contribution in [0.15, 0.2) is 65.5 Å². The highest BCUT2D eigenvalue weighted by atomic mass is 16.6. The molecule has 3 rings (SSSR count). The van der Waals surface area contributed by atoms with Gasteiger partial charge in [-0.05, 0) is 17.7 Å². The molecule has 1 aromatic heterocycles. The Morgan fingerprint density at radius 2 is 1.71 bits per heavy atom. The number of carbonyl (C=O) groups excluding carboxylic acids is 1. The van der Waals surface area contributed by atoms with E-state index in [1.54, 1.807) is 0 Å². The molecule has 1 heterocycles. The standard InChI is InChI=1S/C17H11N3O4/c21-15-10-14(11-4-2-1-3-5-11)18-19-16(15)17(22)12-6-8-13(9-7-12)20(23)24/h1-10H,(H,18,21). The van der Waals surface area contributed by atoms with Crippen molar-refractivity contribution in [2.24, 2.45) is 0 Å². The molecule has 1 N–H and O–H groups in total. The molecule has 7 nitrogen and oxygen atoms in total. The average Bonchev–Trinajstić information content (AvgIpc) is 2.62. The number of nitrogens with zero attached hydrogens (tertiary/aromatic N) is 2. The van der Waals surface area contributed by atoms with Crippen LogP contribution in [0.3, 0.4) is 0 Å². The Balaban J connectivity index is 1.93. The normalized spacial score (nSPS) is 10.3. The number of nitro benzene ring substituents is 1. The van der Waals surface area contributed by atoms with Gasteiger partial charge in [-0.2, -0.15) is 5.10 Å². The summed E-state index contributed by atoms with van der Waals surface area (Å²) in [5, 5.41) is 17.2. The first-order chi connectivity index (χ1) is 11.6. The first-order valence-corrected chi connectivity index (χ1v) is 7.00. The molecule has 0 aliphatic carbocycles. The average molecular weight is 321 g/mol. The summed E-state index contributed by atoms with van der Waals surface area (Å²) in [6.45, 7) is 0. The van der Waals surface area contributed by atoms with Crippen LogP contribution in [0.2, 0.25) is 0 Å². The van der Waals surface area contributed by atoms with Crippen molar-refractivity contribution in [3.8, 4) is 11.3 Å². The number of nitrogens with one attached hydrogen (secondary N) is 1. The molecule has 0 atom stereocenters. The van der Waals surface area contributed by atoms with E-state index in [1.807, 2.05) is 30.3 Å². The smallest absolute Gasteiger partial charge is 0.269 e. The number of benzene rings is 2. The van der Waals surface area contributed by atoms with Gasteiger partial charge in [0.2, 0.25) is 11.2 Å². The Bertz CT molecular complexity index is 963. The first kappa shape index (κ1) is 15.3. The van der Waals surface area contributed by atoms with E-state index in [1.165, 1.54) is 30.3 Å². The largest absolute Gasteiger partial charge is 0.287 e. The quantitative estimate of drug-likeness (QED) is 0.451. The Morgan fingerprint density at radius 3 is 2.29 bits per heavy atom. The van der Waals surface area contributed by atoms with Gasteiger partial charge in [0.25, 0.3) is 5.69 Å². The molecule has 7 heteroatoms. The summed E-state index contributed by atoms with van der Waals surface area (Å²) in [5.74, 6) is -0.592. The molecule has 0 amide bonds. The highest BCUT2D eigenvalue weighted by molar-refractivity contribution is 6.07. The van der Waals surface area contributed by atoms with E-state index in [0.717, 1.165) is 5.56 Å². The number of aromatic amines is 1. The van der Waals surface area contributed by atoms with Crippen LogP contribution < -0.4 is 5.43 Å². The molecule has 0 bridgehead atoms. The monoisotopic (exact) mass is 321 g/mol. The number of ketones is 1. The lowest BCUT2D eigenvalue weighted by molar-refractivity contribution is -0.384. The molecule has 0 radical (unpaired) electrons. The number of hydrogen-bond donors (Lipinski definition) is 1. The van der Waals surface area contributed by atoms with Crippen LogP contribution in [0.4, 0.5) is 5.69 Å². The Kier molecular flexibility index (Phi) is 3.98. The van der Waals surface area contributed by atoms with Crippen LogP contribution in [-0.2, 0) is 0 Å². The maximum atomic E-state index is 12.3. The zero-order valence-electron chi connectivity index (χ0n) is 12.3. The number of H-pyrrole nitrogens is 1. The van der Waals surface area contributed by atoms with Gasteiger partial charge in [0.05, 0.1) is 10.6 Å². The minimum Gasteiger partial charge on any atom is -0.287 e. The number of hydrogen-bond acceptors (Lipinski definition) is 5. The summed E-state index contributed by atoms with van der Waals surface area (Å²) in [6, 6.07) is 15.4. The number of carbonyl (C=O) groups is 1. The van der Waals surface area contributed by atoms with Gasteiger partial charge < -0.3 is 0 Å². The summed E-state index contributed by atoms with van der Waals surface area (Å²) in [4.78, 5) is 34.6. The van der Waals surface area contributed by atoms with E-state index in [9.17, 15) is 19.7 Å². The molecular formula is C17H11N3O4. The van der Waals surface area contributed by atoms with E-state index >= 15 is 0 Å². The summed E-state index contributed by atoms with van der Waals surface area (Å²) in [7, 11) is 0. The highest BCUT2D eigenvalue weighted by Crippen LogP contribution is 2.15. The van der Waals surface area contributed by atoms with Gasteiger partial charge in [-0.15, -0.1) is 0 Å². The molecule has 0 aliphatic heterocycles. The lowest BCUT2D eigenvalue weighted by Crippen LogP contribution is -2.19. The Hall–Kier alpha value is -3.61. The topological polar surface area (TPSA) is 106 Å². The summed E-state index contributed by atoms with van der Waals surface area (Å²) in [5.41, 5.74) is 0.524. The van der Waals surface area contributed by atoms with Crippen LogP contribution in [0.5, 0.6) is 0 Å². The molecular weight excluding hydrogens is 310 g/mol. The number of rotatable bonds is 4. The molecule has 3 aromatic rings. The minimum absolute atomic E-state index is 0.132. The maximum Gasteiger partial charge on any atom is 0.269 e. The van der Waals surface area contributed by atoms with Gasteiger partial charge in [-0.3, -0.25) is 24.8 Å². The van der Waals surface area contributed by atoms with Crippen molar-refractivity contribution in [1.29, 1.82) is 0 Å². The summed E-state index contributed by atoms with van der Waals surface area (Å²) >= 11 is 0. The van der Waals surface area contributed by atoms with Gasteiger partial charge in [0.1, 0.15) is 0 Å². The van der Waals surface area contributed by atoms with Crippen LogP contribution in [0.1, 0.15) is 16.1 Å². The number of non-ortho nitro benzene ring substituents is 1. The van der Waals surface area contributed by atoms with Gasteiger partial charge in [0, 0.05) is 23.8 Å². The fraction of sp³-hybridized carbons (Fsp3) is 0. The molecule has 0 fully saturated rings. The fourth-order valence-corrected chi connectivity index (χ4v) is 2.20. The zero-order chi connectivity index (χ0) is 17.1. The summed E-state index contributed by atoms with van der Waals surface area (Å²) in [6.07, 6.45) is 0. The Labute approximate surface area is 135 Å². The first-order valence-electron chi connectivity index (χ1n) is 7.00. The van der Waals surface area contributed by atoms with Crippen LogP contribution in [0.25, 0.3) is 11.3 Å². The molecule has 0 saturated carbocycles. The second-order valence-corrected chi connectivity index (χ2v) is 4.99. The molecule has 2 aromatic carbocycles. The van der Waals surface area contributed by atoms with Crippen molar-refractivity contribution in [3.05, 3.63) is 92.3 Å². The second-order valence-electron chi connectivity index (χ2n) is 4.99. The second kappa shape index (κ2) is 6.25. The summed E-state index contributed by atoms with van der Waals surface area (Å²) < 4.78 is 0. The van der Waals surface area contributed by atoms with Crippen molar-refractivity contribution in [3.63, 3.8) is 0 Å². The van der Waals surface area contributed by atoms with E-state index in [4.69, 9.17) is 0 Å². The van der Waals surface area contributed by atoms with Gasteiger partial charge in [-0.25, -0.2) is 0 Å². The van der Waals surface area contributed by atoms with Gasteiger partial charge in [0.15, 0.2) is 5.69 Å². The number of nitro groups is 1. The maximum absolute atomic E-state index is 12.3. The Morgan fingerprint density at radius 1 is 1.04 bits per heavy atom. The predicted octanol–water partition coefficient (Wildman–Crippen LogP) is 2.58. The highest BCUT2D eigenvalue weighted by Gasteiger charge is 2.17. The van der Waals surface area contributed by atoms with Crippen molar-refractivity contribution in [1.82, 2.24) is 10.2 Å². The van der Waals surface area contributed by atoms with E-state index in [-0.39, 0.29) is 16.9 Å². The third-order valence-corrected chi connectivity index (χ3v) is 3.44. The third kappa shape index (κ3) is 2.95. The SMILES string of the molecule is O=C(c1ccc([N+](=O)[O-])cc1)c1n[nH]c(-c2ccccc2)cc1=O. The van der Waals surface area contributed by atoms with Crippen LogP contribution in [-0.4, -0.2) is 20.9 Å². The minimum atomic E-state index is -0.592. The third-order valence-electron chi connectivity index (χ3n) is 3.44. The molecule has 0 saturated heterocycles. The van der Waals surface area contributed by atoms with Crippen molar-refractivity contribution in [2.75, 3.05) is 0 Å².